The maximum absolute atomic E-state index is 13.0. The molecule has 3 aliphatic rings. The number of thiophene rings is 1. The molecule has 0 radical (unpaired) electrons. The van der Waals surface area contributed by atoms with Crippen LogP contribution in [0.2, 0.25) is 0 Å². The van der Waals surface area contributed by atoms with Crippen molar-refractivity contribution in [2.75, 3.05) is 18.1 Å². The van der Waals surface area contributed by atoms with Crippen molar-refractivity contribution in [3.8, 4) is 0 Å². The SMILES string of the molecule is O=C(CN1C(=O)N[C@]2(CCCc3sccc32)C1=O)N[C@H]1CCS(=O)(=O)C1. The molecule has 0 saturated carbocycles. The highest BCUT2D eigenvalue weighted by atomic mass is 32.2. The van der Waals surface area contributed by atoms with Gasteiger partial charge in [-0.3, -0.25) is 14.5 Å². The van der Waals surface area contributed by atoms with E-state index in [4.69, 9.17) is 0 Å². The van der Waals surface area contributed by atoms with E-state index in [0.29, 0.717) is 12.8 Å². The summed E-state index contributed by atoms with van der Waals surface area (Å²) in [5, 5.41) is 7.32. The van der Waals surface area contributed by atoms with Crippen LogP contribution in [0.4, 0.5) is 4.79 Å². The van der Waals surface area contributed by atoms with E-state index < -0.39 is 45.8 Å². The van der Waals surface area contributed by atoms with Gasteiger partial charge in [0.15, 0.2) is 9.84 Å². The van der Waals surface area contributed by atoms with E-state index in [0.717, 1.165) is 28.2 Å². The molecule has 1 aromatic heterocycles. The maximum Gasteiger partial charge on any atom is 0.325 e. The molecule has 4 amide bonds. The number of aryl methyl sites for hydroxylation is 1. The van der Waals surface area contributed by atoms with Gasteiger partial charge in [-0.1, -0.05) is 0 Å². The average molecular weight is 397 g/mol. The van der Waals surface area contributed by atoms with E-state index in [1.165, 1.54) is 0 Å². The van der Waals surface area contributed by atoms with Crippen molar-refractivity contribution in [1.29, 1.82) is 0 Å². The molecule has 8 nitrogen and oxygen atoms in total. The summed E-state index contributed by atoms with van der Waals surface area (Å²) in [6.07, 6.45) is 2.55. The minimum atomic E-state index is -3.11. The van der Waals surface area contributed by atoms with Gasteiger partial charge in [0.05, 0.1) is 11.5 Å². The lowest BCUT2D eigenvalue weighted by molar-refractivity contribution is -0.135. The first kappa shape index (κ1) is 17.5. The normalized spacial score (nSPS) is 29.7. The number of carbonyl (C=O) groups excluding carboxylic acids is 3. The fourth-order valence-corrected chi connectivity index (χ4v) is 6.68. The van der Waals surface area contributed by atoms with Crippen LogP contribution >= 0.6 is 11.3 Å². The second-order valence-electron chi connectivity index (χ2n) is 7.01. The van der Waals surface area contributed by atoms with Crippen molar-refractivity contribution in [1.82, 2.24) is 15.5 Å². The summed E-state index contributed by atoms with van der Waals surface area (Å²) < 4.78 is 23.0. The summed E-state index contributed by atoms with van der Waals surface area (Å²) in [4.78, 5) is 39.7. The molecule has 2 aliphatic heterocycles. The Hall–Kier alpha value is -1.94. The monoisotopic (exact) mass is 397 g/mol. The Labute approximate surface area is 154 Å². The van der Waals surface area contributed by atoms with Crippen LogP contribution in [0.5, 0.6) is 0 Å². The number of nitrogens with zero attached hydrogens (tertiary/aromatic N) is 1. The first-order valence-corrected chi connectivity index (χ1v) is 11.2. The molecule has 1 aliphatic carbocycles. The van der Waals surface area contributed by atoms with E-state index in [9.17, 15) is 22.8 Å². The molecule has 10 heteroatoms. The fraction of sp³-hybridized carbons (Fsp3) is 0.562. The van der Waals surface area contributed by atoms with Crippen molar-refractivity contribution < 1.29 is 22.8 Å². The van der Waals surface area contributed by atoms with Gasteiger partial charge in [0.2, 0.25) is 5.91 Å². The third kappa shape index (κ3) is 2.81. The molecule has 3 heterocycles. The summed E-state index contributed by atoms with van der Waals surface area (Å²) in [5.41, 5.74) is -0.237. The van der Waals surface area contributed by atoms with Gasteiger partial charge in [0, 0.05) is 16.5 Å². The van der Waals surface area contributed by atoms with E-state index in [1.807, 2.05) is 11.4 Å². The number of rotatable bonds is 3. The van der Waals surface area contributed by atoms with Crippen LogP contribution in [-0.4, -0.2) is 55.3 Å². The molecule has 2 N–H and O–H groups in total. The lowest BCUT2D eigenvalue weighted by atomic mass is 9.80. The molecule has 2 atom stereocenters. The molecule has 1 spiro atoms. The Morgan fingerprint density at radius 2 is 2.23 bits per heavy atom. The number of sulfone groups is 1. The van der Waals surface area contributed by atoms with Crippen LogP contribution in [-0.2, 0) is 31.4 Å². The quantitative estimate of drug-likeness (QED) is 0.705. The number of hydrogen-bond donors (Lipinski definition) is 2. The van der Waals surface area contributed by atoms with Crippen molar-refractivity contribution >= 4 is 39.0 Å². The number of hydrogen-bond acceptors (Lipinski definition) is 6. The number of amides is 4. The predicted molar refractivity (Wildman–Crippen MR) is 94.4 cm³/mol. The van der Waals surface area contributed by atoms with Gasteiger partial charge in [0.1, 0.15) is 12.1 Å². The molecule has 4 rings (SSSR count). The number of imide groups is 1. The van der Waals surface area contributed by atoms with Crippen molar-refractivity contribution in [2.24, 2.45) is 0 Å². The van der Waals surface area contributed by atoms with Crippen molar-refractivity contribution in [3.63, 3.8) is 0 Å². The molecule has 140 valence electrons. The third-order valence-electron chi connectivity index (χ3n) is 5.24. The van der Waals surface area contributed by atoms with Crippen LogP contribution in [0.15, 0.2) is 11.4 Å². The van der Waals surface area contributed by atoms with Gasteiger partial charge in [-0.25, -0.2) is 13.2 Å². The molecule has 0 unspecified atom stereocenters. The standard InChI is InChI=1S/C16H19N3O5S2/c20-13(17-10-4-7-26(23,24)9-10)8-19-14(21)16(18-15(19)22)5-1-2-12-11(16)3-6-25-12/h3,6,10H,1-2,4-5,7-9H2,(H,17,20)(H,18,22)/t10-,16-/m0/s1. The van der Waals surface area contributed by atoms with Gasteiger partial charge in [-0.2, -0.15) is 0 Å². The Balaban J connectivity index is 1.48. The van der Waals surface area contributed by atoms with E-state index in [1.54, 1.807) is 11.3 Å². The Morgan fingerprint density at radius 1 is 1.42 bits per heavy atom. The van der Waals surface area contributed by atoms with Crippen LogP contribution in [0, 0.1) is 0 Å². The largest absolute Gasteiger partial charge is 0.351 e. The minimum absolute atomic E-state index is 0.0467. The highest BCUT2D eigenvalue weighted by Crippen LogP contribution is 2.41. The third-order valence-corrected chi connectivity index (χ3v) is 7.98. The highest BCUT2D eigenvalue weighted by molar-refractivity contribution is 7.91. The van der Waals surface area contributed by atoms with Gasteiger partial charge >= 0.3 is 6.03 Å². The second-order valence-corrected chi connectivity index (χ2v) is 10.2. The van der Waals surface area contributed by atoms with E-state index in [-0.39, 0.29) is 11.5 Å². The second kappa shape index (κ2) is 6.05. The summed E-state index contributed by atoms with van der Waals surface area (Å²) in [7, 11) is -3.11. The van der Waals surface area contributed by atoms with Crippen LogP contribution in [0.3, 0.4) is 0 Å². The molecule has 0 bridgehead atoms. The summed E-state index contributed by atoms with van der Waals surface area (Å²) in [6, 6.07) is 0.827. The summed E-state index contributed by atoms with van der Waals surface area (Å²) in [6.45, 7) is -0.400. The number of carbonyl (C=O) groups is 3. The lowest BCUT2D eigenvalue weighted by Crippen LogP contribution is -2.47. The molecule has 0 aromatic carbocycles. The molecule has 26 heavy (non-hydrogen) atoms. The molecular formula is C16H19N3O5S2. The molecule has 2 saturated heterocycles. The summed E-state index contributed by atoms with van der Waals surface area (Å²) >= 11 is 1.57. The maximum atomic E-state index is 13.0. The zero-order valence-corrected chi connectivity index (χ0v) is 15.6. The molecule has 2 fully saturated rings. The Kier molecular flexibility index (Phi) is 4.07. The van der Waals surface area contributed by atoms with E-state index >= 15 is 0 Å². The zero-order chi connectivity index (χ0) is 18.5. The average Bonchev–Trinajstić information content (AvgIpc) is 3.23. The summed E-state index contributed by atoms with van der Waals surface area (Å²) in [5.74, 6) is -0.975. The Bertz CT molecular complexity index is 893. The Morgan fingerprint density at radius 3 is 2.96 bits per heavy atom. The smallest absolute Gasteiger partial charge is 0.325 e. The van der Waals surface area contributed by atoms with Crippen molar-refractivity contribution in [2.45, 2.75) is 37.3 Å². The zero-order valence-electron chi connectivity index (χ0n) is 14.0. The minimum Gasteiger partial charge on any atom is -0.351 e. The number of urea groups is 1. The predicted octanol–water partition coefficient (Wildman–Crippen LogP) is 0.135. The van der Waals surface area contributed by atoms with Gasteiger partial charge in [0.25, 0.3) is 5.91 Å². The van der Waals surface area contributed by atoms with E-state index in [2.05, 4.69) is 10.6 Å². The first-order chi connectivity index (χ1) is 12.3. The fourth-order valence-electron chi connectivity index (χ4n) is 4.01. The lowest BCUT2D eigenvalue weighted by Gasteiger charge is -2.31. The van der Waals surface area contributed by atoms with Crippen LogP contribution < -0.4 is 10.6 Å². The van der Waals surface area contributed by atoms with Gasteiger partial charge < -0.3 is 10.6 Å². The highest BCUT2D eigenvalue weighted by Gasteiger charge is 2.54. The van der Waals surface area contributed by atoms with Crippen LogP contribution in [0.1, 0.15) is 29.7 Å². The topological polar surface area (TPSA) is 113 Å². The number of nitrogens with one attached hydrogen (secondary N) is 2. The van der Waals surface area contributed by atoms with Gasteiger partial charge in [-0.05, 0) is 37.1 Å². The number of fused-ring (bicyclic) bond motifs is 2. The molecular weight excluding hydrogens is 378 g/mol. The van der Waals surface area contributed by atoms with Gasteiger partial charge in [-0.15, -0.1) is 11.3 Å². The van der Waals surface area contributed by atoms with Crippen LogP contribution in [0.25, 0.3) is 0 Å². The van der Waals surface area contributed by atoms with Crippen molar-refractivity contribution in [3.05, 3.63) is 21.9 Å². The molecule has 1 aromatic rings. The first-order valence-electron chi connectivity index (χ1n) is 8.51.